The first-order chi connectivity index (χ1) is 4.30. The molecule has 3 N–H and O–H groups in total. The Kier molecular flexibility index (Phi) is 1.66. The molecule has 50 valence electrons. The molecule has 9 heavy (non-hydrogen) atoms. The maximum atomic E-state index is 10.1. The molecule has 0 aliphatic carbocycles. The Bertz CT molecular complexity index is 145. The van der Waals surface area contributed by atoms with Gasteiger partial charge in [-0.05, 0) is 6.08 Å². The topological polar surface area (TPSA) is 70.6 Å². The summed E-state index contributed by atoms with van der Waals surface area (Å²) in [6, 6.07) is -0.696. The molecular weight excluding hydrogens is 124 g/mol. The van der Waals surface area contributed by atoms with Crippen molar-refractivity contribution in [2.75, 3.05) is 0 Å². The summed E-state index contributed by atoms with van der Waals surface area (Å²) in [5.41, 5.74) is 4.56. The van der Waals surface area contributed by atoms with Crippen molar-refractivity contribution in [3.05, 3.63) is 12.3 Å². The first-order valence-corrected chi connectivity index (χ1v) is 2.36. The Hall–Kier alpha value is -1.07. The van der Waals surface area contributed by atoms with Gasteiger partial charge in [0.25, 0.3) is 0 Å². The molecule has 1 atom stereocenters. The van der Waals surface area contributed by atoms with E-state index in [2.05, 4.69) is 15.9 Å². The van der Waals surface area contributed by atoms with Crippen molar-refractivity contribution in [1.82, 2.24) is 11.0 Å². The van der Waals surface area contributed by atoms with Crippen LogP contribution in [0.4, 0.5) is 0 Å². The first-order valence-electron chi connectivity index (χ1n) is 2.36. The maximum Gasteiger partial charge on any atom is 0.326 e. The largest absolute Gasteiger partial charge is 0.480 e. The highest BCUT2D eigenvalue weighted by molar-refractivity contribution is 5.75. The number of nitrogens with one attached hydrogen (secondary N) is 2. The monoisotopic (exact) mass is 130 g/mol. The number of carboxylic acid groups (broad SMARTS) is 1. The van der Waals surface area contributed by atoms with E-state index in [1.165, 1.54) is 12.3 Å². The lowest BCUT2D eigenvalue weighted by Gasteiger charge is -2.14. The van der Waals surface area contributed by atoms with Gasteiger partial charge in [-0.15, -0.1) is 0 Å². The van der Waals surface area contributed by atoms with Gasteiger partial charge in [-0.1, -0.05) is 5.59 Å². The van der Waals surface area contributed by atoms with Crippen LogP contribution in [0.25, 0.3) is 0 Å². The molecule has 0 saturated carbocycles. The van der Waals surface area contributed by atoms with Gasteiger partial charge in [0.05, 0.1) is 0 Å². The zero-order valence-corrected chi connectivity index (χ0v) is 4.50. The van der Waals surface area contributed by atoms with Crippen LogP contribution in [0, 0.1) is 0 Å². The predicted molar refractivity (Wildman–Crippen MR) is 27.9 cm³/mol. The van der Waals surface area contributed by atoms with E-state index >= 15 is 0 Å². The van der Waals surface area contributed by atoms with E-state index < -0.39 is 12.0 Å². The highest BCUT2D eigenvalue weighted by Crippen LogP contribution is 1.89. The number of hydrogen-bond donors (Lipinski definition) is 3. The first kappa shape index (κ1) is 6.06. The molecule has 5 heteroatoms. The molecule has 0 radical (unpaired) electrons. The molecule has 0 saturated heterocycles. The highest BCUT2D eigenvalue weighted by Gasteiger charge is 2.14. The SMILES string of the molecule is O=C(O)[C@@H]1C=CONN1. The molecule has 0 aromatic rings. The fourth-order valence-electron chi connectivity index (χ4n) is 0.442. The Morgan fingerprint density at radius 3 is 2.89 bits per heavy atom. The van der Waals surface area contributed by atoms with Crippen molar-refractivity contribution in [3.8, 4) is 0 Å². The maximum absolute atomic E-state index is 10.1. The van der Waals surface area contributed by atoms with Crippen LogP contribution in [-0.2, 0) is 9.63 Å². The highest BCUT2D eigenvalue weighted by atomic mass is 16.7. The van der Waals surface area contributed by atoms with Gasteiger partial charge in [0.2, 0.25) is 0 Å². The predicted octanol–water partition coefficient (Wildman–Crippen LogP) is -1.01. The van der Waals surface area contributed by atoms with Gasteiger partial charge in [-0.3, -0.25) is 4.79 Å². The van der Waals surface area contributed by atoms with E-state index in [4.69, 9.17) is 5.11 Å². The van der Waals surface area contributed by atoms with Gasteiger partial charge in [0.1, 0.15) is 12.3 Å². The van der Waals surface area contributed by atoms with Crippen LogP contribution in [-0.4, -0.2) is 17.1 Å². The van der Waals surface area contributed by atoms with Crippen LogP contribution in [0.5, 0.6) is 0 Å². The molecule has 0 amide bonds. The van der Waals surface area contributed by atoms with Gasteiger partial charge in [0.15, 0.2) is 0 Å². The molecule has 0 bridgehead atoms. The summed E-state index contributed by atoms with van der Waals surface area (Å²) >= 11 is 0. The average Bonchev–Trinajstić information content (AvgIpc) is 1.90. The van der Waals surface area contributed by atoms with Crippen LogP contribution in [0.1, 0.15) is 0 Å². The van der Waals surface area contributed by atoms with Crippen molar-refractivity contribution < 1.29 is 14.7 Å². The van der Waals surface area contributed by atoms with Crippen LogP contribution < -0.4 is 11.0 Å². The summed E-state index contributed by atoms with van der Waals surface area (Å²) in [6.07, 6.45) is 2.66. The molecule has 5 nitrogen and oxygen atoms in total. The van der Waals surface area contributed by atoms with E-state index in [9.17, 15) is 4.79 Å². The average molecular weight is 130 g/mol. The standard InChI is InChI=1S/C4H6N2O3/c7-4(8)3-1-2-9-6-5-3/h1-3,5-6H,(H,7,8)/t3-/m0/s1. The molecule has 0 fully saturated rings. The Balaban J connectivity index is 2.50. The second-order valence-corrected chi connectivity index (χ2v) is 1.51. The molecule has 1 heterocycles. The normalized spacial score (nSPS) is 25.1. The van der Waals surface area contributed by atoms with Crippen LogP contribution in [0.3, 0.4) is 0 Å². The third kappa shape index (κ3) is 1.41. The summed E-state index contributed by atoms with van der Waals surface area (Å²) in [7, 11) is 0. The molecule has 0 spiro atoms. The minimum Gasteiger partial charge on any atom is -0.480 e. The number of rotatable bonds is 1. The van der Waals surface area contributed by atoms with Gasteiger partial charge in [0, 0.05) is 0 Å². The minimum atomic E-state index is -0.943. The van der Waals surface area contributed by atoms with Crippen molar-refractivity contribution in [1.29, 1.82) is 0 Å². The zero-order valence-electron chi connectivity index (χ0n) is 4.50. The lowest BCUT2D eigenvalue weighted by Crippen LogP contribution is -2.46. The molecule has 0 aromatic carbocycles. The van der Waals surface area contributed by atoms with E-state index in [0.717, 1.165) is 0 Å². The molecule has 0 aromatic heterocycles. The van der Waals surface area contributed by atoms with E-state index in [-0.39, 0.29) is 0 Å². The van der Waals surface area contributed by atoms with Crippen LogP contribution >= 0.6 is 0 Å². The molecule has 0 unspecified atom stereocenters. The molecule has 1 aliphatic heterocycles. The van der Waals surface area contributed by atoms with Gasteiger partial charge < -0.3 is 9.94 Å². The number of aliphatic carboxylic acids is 1. The summed E-state index contributed by atoms with van der Waals surface area (Å²) in [5, 5.41) is 8.33. The number of carbonyl (C=O) groups is 1. The fraction of sp³-hybridized carbons (Fsp3) is 0.250. The van der Waals surface area contributed by atoms with Crippen molar-refractivity contribution in [3.63, 3.8) is 0 Å². The van der Waals surface area contributed by atoms with Crippen LogP contribution in [0.15, 0.2) is 12.3 Å². The van der Waals surface area contributed by atoms with Crippen LogP contribution in [0.2, 0.25) is 0 Å². The smallest absolute Gasteiger partial charge is 0.326 e. The van der Waals surface area contributed by atoms with Crippen molar-refractivity contribution in [2.24, 2.45) is 0 Å². The zero-order chi connectivity index (χ0) is 6.69. The Labute approximate surface area is 51.2 Å². The fourth-order valence-corrected chi connectivity index (χ4v) is 0.442. The minimum absolute atomic E-state index is 0.696. The summed E-state index contributed by atoms with van der Waals surface area (Å²) in [5.74, 6) is -0.943. The van der Waals surface area contributed by atoms with Gasteiger partial charge >= 0.3 is 5.97 Å². The second-order valence-electron chi connectivity index (χ2n) is 1.51. The molecule has 1 aliphatic rings. The van der Waals surface area contributed by atoms with Gasteiger partial charge in [-0.2, -0.15) is 0 Å². The van der Waals surface area contributed by atoms with E-state index in [1.54, 1.807) is 0 Å². The summed E-state index contributed by atoms with van der Waals surface area (Å²) in [4.78, 5) is 14.6. The lowest BCUT2D eigenvalue weighted by molar-refractivity contribution is -0.140. The summed E-state index contributed by atoms with van der Waals surface area (Å²) in [6.45, 7) is 0. The number of hydrazine groups is 1. The van der Waals surface area contributed by atoms with Crippen molar-refractivity contribution >= 4 is 5.97 Å². The van der Waals surface area contributed by atoms with Gasteiger partial charge in [-0.25, -0.2) is 5.43 Å². The van der Waals surface area contributed by atoms with E-state index in [1.807, 2.05) is 0 Å². The third-order valence-electron chi connectivity index (χ3n) is 0.878. The number of carboxylic acids is 1. The molecular formula is C4H6N2O3. The Morgan fingerprint density at radius 1 is 1.78 bits per heavy atom. The number of hydrogen-bond acceptors (Lipinski definition) is 4. The van der Waals surface area contributed by atoms with E-state index in [0.29, 0.717) is 0 Å². The van der Waals surface area contributed by atoms with Crippen molar-refractivity contribution in [2.45, 2.75) is 6.04 Å². The summed E-state index contributed by atoms with van der Waals surface area (Å²) < 4.78 is 0. The Morgan fingerprint density at radius 2 is 2.56 bits per heavy atom. The third-order valence-corrected chi connectivity index (χ3v) is 0.878. The second kappa shape index (κ2) is 2.47. The lowest BCUT2D eigenvalue weighted by atomic mass is 10.3. The quantitative estimate of drug-likeness (QED) is 0.424. The molecule has 1 rings (SSSR count).